The van der Waals surface area contributed by atoms with Gasteiger partial charge in [0.2, 0.25) is 0 Å². The lowest BCUT2D eigenvalue weighted by Crippen LogP contribution is -2.43. The van der Waals surface area contributed by atoms with E-state index in [2.05, 4.69) is 15.5 Å². The Morgan fingerprint density at radius 3 is 3.00 bits per heavy atom. The molecule has 120 valence electrons. The van der Waals surface area contributed by atoms with Crippen LogP contribution in [0.3, 0.4) is 0 Å². The zero-order valence-corrected chi connectivity index (χ0v) is 13.6. The molecule has 8 heteroatoms. The van der Waals surface area contributed by atoms with Crippen LogP contribution in [0.15, 0.2) is 11.2 Å². The normalized spacial score (nSPS) is 21.0. The van der Waals surface area contributed by atoms with Crippen LogP contribution in [0.2, 0.25) is 0 Å². The topological polar surface area (TPSA) is 87.3 Å². The molecule has 1 aliphatic heterocycles. The standard InChI is InChI=1S/C13H24N4O3S/c1-10(2)14-7-11-8-15-16-13(11)21(18,19)17-6-4-5-12(9-17)20-3/h8,10,12,14H,4-7,9H2,1-3H3,(H,15,16). The summed E-state index contributed by atoms with van der Waals surface area (Å²) in [4.78, 5) is 0. The van der Waals surface area contributed by atoms with Crippen molar-refractivity contribution in [1.29, 1.82) is 0 Å². The maximum atomic E-state index is 12.7. The van der Waals surface area contributed by atoms with Crippen LogP contribution in [0.25, 0.3) is 0 Å². The second-order valence-corrected chi connectivity index (χ2v) is 7.50. The molecule has 2 rings (SSSR count). The van der Waals surface area contributed by atoms with Gasteiger partial charge in [-0.05, 0) is 12.8 Å². The Labute approximate surface area is 126 Å². The zero-order valence-electron chi connectivity index (χ0n) is 12.8. The molecule has 1 saturated heterocycles. The van der Waals surface area contributed by atoms with Crippen molar-refractivity contribution in [2.75, 3.05) is 20.2 Å². The molecule has 2 heterocycles. The van der Waals surface area contributed by atoms with E-state index >= 15 is 0 Å². The Morgan fingerprint density at radius 1 is 1.57 bits per heavy atom. The molecule has 0 aromatic carbocycles. The molecule has 1 atom stereocenters. The monoisotopic (exact) mass is 316 g/mol. The molecule has 7 nitrogen and oxygen atoms in total. The maximum Gasteiger partial charge on any atom is 0.260 e. The van der Waals surface area contributed by atoms with Gasteiger partial charge < -0.3 is 10.1 Å². The first-order chi connectivity index (χ1) is 9.95. The fraction of sp³-hybridized carbons (Fsp3) is 0.769. The van der Waals surface area contributed by atoms with Crippen molar-refractivity contribution in [1.82, 2.24) is 19.8 Å². The van der Waals surface area contributed by atoms with Crippen molar-refractivity contribution in [3.63, 3.8) is 0 Å². The van der Waals surface area contributed by atoms with Crippen molar-refractivity contribution in [2.24, 2.45) is 0 Å². The summed E-state index contributed by atoms with van der Waals surface area (Å²) in [7, 11) is -1.92. The number of ether oxygens (including phenoxy) is 1. The van der Waals surface area contributed by atoms with E-state index in [0.29, 0.717) is 25.2 Å². The lowest BCUT2D eigenvalue weighted by Gasteiger charge is -2.30. The highest BCUT2D eigenvalue weighted by molar-refractivity contribution is 7.89. The van der Waals surface area contributed by atoms with Crippen molar-refractivity contribution >= 4 is 10.0 Å². The molecule has 0 radical (unpaired) electrons. The molecule has 1 aromatic heterocycles. The van der Waals surface area contributed by atoms with Gasteiger partial charge in [-0.1, -0.05) is 13.8 Å². The molecule has 2 N–H and O–H groups in total. The first-order valence-electron chi connectivity index (χ1n) is 7.23. The number of piperidine rings is 1. The summed E-state index contributed by atoms with van der Waals surface area (Å²) in [5.41, 5.74) is 0.670. The predicted octanol–water partition coefficient (Wildman–Crippen LogP) is 0.707. The van der Waals surface area contributed by atoms with Crippen molar-refractivity contribution in [3.05, 3.63) is 11.8 Å². The highest BCUT2D eigenvalue weighted by Gasteiger charge is 2.32. The lowest BCUT2D eigenvalue weighted by atomic mass is 10.1. The van der Waals surface area contributed by atoms with Crippen LogP contribution in [0.1, 0.15) is 32.3 Å². The third-order valence-corrected chi connectivity index (χ3v) is 5.53. The summed E-state index contributed by atoms with van der Waals surface area (Å²) >= 11 is 0. The average Bonchev–Trinajstić information content (AvgIpc) is 2.94. The Hall–Kier alpha value is -0.960. The molecule has 1 aliphatic rings. The average molecular weight is 316 g/mol. The van der Waals surface area contributed by atoms with Gasteiger partial charge in [0.1, 0.15) is 0 Å². The number of aromatic nitrogens is 2. The summed E-state index contributed by atoms with van der Waals surface area (Å²) < 4.78 is 32.3. The number of aromatic amines is 1. The molecule has 0 bridgehead atoms. The van der Waals surface area contributed by atoms with E-state index in [1.54, 1.807) is 13.3 Å². The van der Waals surface area contributed by atoms with Crippen LogP contribution in [0.5, 0.6) is 0 Å². The summed E-state index contributed by atoms with van der Waals surface area (Å²) in [5, 5.41) is 9.94. The Bertz CT molecular complexity index is 556. The molecule has 0 spiro atoms. The molecule has 21 heavy (non-hydrogen) atoms. The van der Waals surface area contributed by atoms with Crippen LogP contribution in [0.4, 0.5) is 0 Å². The van der Waals surface area contributed by atoms with Gasteiger partial charge in [0.15, 0.2) is 5.03 Å². The smallest absolute Gasteiger partial charge is 0.260 e. The van der Waals surface area contributed by atoms with Crippen LogP contribution >= 0.6 is 0 Å². The Morgan fingerprint density at radius 2 is 2.33 bits per heavy atom. The van der Waals surface area contributed by atoms with Gasteiger partial charge in [0.05, 0.1) is 12.3 Å². The summed E-state index contributed by atoms with van der Waals surface area (Å²) in [6.07, 6.45) is 3.24. The quantitative estimate of drug-likeness (QED) is 0.807. The van der Waals surface area contributed by atoms with Crippen LogP contribution < -0.4 is 5.32 Å². The fourth-order valence-corrected chi connectivity index (χ4v) is 4.02. The molecule has 1 fully saturated rings. The summed E-state index contributed by atoms with van der Waals surface area (Å²) in [6, 6.07) is 0.281. The first-order valence-corrected chi connectivity index (χ1v) is 8.67. The Kier molecular flexibility index (Phi) is 5.37. The lowest BCUT2D eigenvalue weighted by molar-refractivity contribution is 0.0571. The van der Waals surface area contributed by atoms with Crippen LogP contribution in [-0.4, -0.2) is 55.3 Å². The highest BCUT2D eigenvalue weighted by Crippen LogP contribution is 2.22. The van der Waals surface area contributed by atoms with Gasteiger partial charge in [-0.25, -0.2) is 8.42 Å². The summed E-state index contributed by atoms with van der Waals surface area (Å²) in [5.74, 6) is 0. The van der Waals surface area contributed by atoms with Gasteiger partial charge in [-0.15, -0.1) is 0 Å². The van der Waals surface area contributed by atoms with Gasteiger partial charge in [-0.3, -0.25) is 5.10 Å². The SMILES string of the molecule is COC1CCCN(S(=O)(=O)c2[nH]ncc2CNC(C)C)C1. The van der Waals surface area contributed by atoms with E-state index < -0.39 is 10.0 Å². The second kappa shape index (κ2) is 6.87. The minimum atomic E-state index is -3.54. The third-order valence-electron chi connectivity index (χ3n) is 3.65. The predicted molar refractivity (Wildman–Crippen MR) is 79.4 cm³/mol. The number of hydrogen-bond acceptors (Lipinski definition) is 5. The molecule has 0 amide bonds. The minimum Gasteiger partial charge on any atom is -0.380 e. The van der Waals surface area contributed by atoms with E-state index in [9.17, 15) is 8.42 Å². The van der Waals surface area contributed by atoms with E-state index in [4.69, 9.17) is 4.74 Å². The molecule has 0 aliphatic carbocycles. The molecule has 1 unspecified atom stereocenters. The number of nitrogens with one attached hydrogen (secondary N) is 2. The maximum absolute atomic E-state index is 12.7. The molecular weight excluding hydrogens is 292 g/mol. The second-order valence-electron chi connectivity index (χ2n) is 5.62. The summed E-state index contributed by atoms with van der Waals surface area (Å²) in [6.45, 7) is 5.43. The Balaban J connectivity index is 2.17. The van der Waals surface area contributed by atoms with E-state index in [1.165, 1.54) is 4.31 Å². The highest BCUT2D eigenvalue weighted by atomic mass is 32.2. The largest absolute Gasteiger partial charge is 0.380 e. The third kappa shape index (κ3) is 3.82. The van der Waals surface area contributed by atoms with Crippen molar-refractivity contribution in [2.45, 2.75) is 50.4 Å². The minimum absolute atomic E-state index is 0.0336. The number of rotatable bonds is 6. The zero-order chi connectivity index (χ0) is 15.5. The van der Waals surface area contributed by atoms with E-state index in [0.717, 1.165) is 12.8 Å². The number of sulfonamides is 1. The number of nitrogens with zero attached hydrogens (tertiary/aromatic N) is 2. The molecule has 0 saturated carbocycles. The number of H-pyrrole nitrogens is 1. The first kappa shape index (κ1) is 16.4. The van der Waals surface area contributed by atoms with Gasteiger partial charge in [-0.2, -0.15) is 9.40 Å². The van der Waals surface area contributed by atoms with Crippen LogP contribution in [-0.2, 0) is 21.3 Å². The molecule has 1 aromatic rings. The van der Waals surface area contributed by atoms with Gasteiger partial charge >= 0.3 is 0 Å². The van der Waals surface area contributed by atoms with E-state index in [1.807, 2.05) is 13.8 Å². The van der Waals surface area contributed by atoms with Crippen molar-refractivity contribution < 1.29 is 13.2 Å². The fourth-order valence-electron chi connectivity index (χ4n) is 2.41. The number of hydrogen-bond donors (Lipinski definition) is 2. The van der Waals surface area contributed by atoms with Crippen molar-refractivity contribution in [3.8, 4) is 0 Å². The number of methoxy groups -OCH3 is 1. The van der Waals surface area contributed by atoms with E-state index in [-0.39, 0.29) is 17.2 Å². The van der Waals surface area contributed by atoms with Gasteiger partial charge in [0.25, 0.3) is 10.0 Å². The van der Waals surface area contributed by atoms with Gasteiger partial charge in [0, 0.05) is 38.3 Å². The van der Waals surface area contributed by atoms with Crippen LogP contribution in [0, 0.1) is 0 Å². The molecular formula is C13H24N4O3S.